The third-order valence-corrected chi connectivity index (χ3v) is 5.57. The first-order valence-electron chi connectivity index (χ1n) is 11.1. The van der Waals surface area contributed by atoms with E-state index in [4.69, 9.17) is 14.3 Å². The highest BCUT2D eigenvalue weighted by Gasteiger charge is 2.30. The second kappa shape index (κ2) is 11.5. The number of hydroxylamine groups is 1. The Morgan fingerprint density at radius 2 is 1.88 bits per heavy atom. The number of nitrogens with one attached hydrogen (secondary N) is 1. The molecule has 0 aliphatic carbocycles. The fraction of sp³-hybridized carbons (Fsp3) is 0.440. The number of halogens is 3. The molecule has 3 rings (SSSR count). The van der Waals surface area contributed by atoms with Gasteiger partial charge >= 0.3 is 12.1 Å². The van der Waals surface area contributed by atoms with Crippen molar-refractivity contribution < 1.29 is 37.1 Å². The molecule has 1 aliphatic heterocycles. The lowest BCUT2D eigenvalue weighted by atomic mass is 9.95. The van der Waals surface area contributed by atoms with Gasteiger partial charge in [-0.05, 0) is 54.7 Å². The summed E-state index contributed by atoms with van der Waals surface area (Å²) in [7, 11) is 1.30. The normalized spacial score (nSPS) is 17.2. The fourth-order valence-electron chi connectivity index (χ4n) is 3.73. The number of benzene rings is 2. The van der Waals surface area contributed by atoms with Crippen LogP contribution in [-0.4, -0.2) is 37.6 Å². The smallest absolute Gasteiger partial charge is 0.416 e. The molecule has 0 saturated carbocycles. The number of hydrogen-bond donors (Lipinski definition) is 1. The largest absolute Gasteiger partial charge is 0.467 e. The van der Waals surface area contributed by atoms with Gasteiger partial charge in [-0.25, -0.2) is 4.79 Å². The second-order valence-electron chi connectivity index (χ2n) is 8.19. The number of Topliss-reactive ketones (excluding diaryl/α,β-unsaturated/α-hetero) is 1. The summed E-state index contributed by atoms with van der Waals surface area (Å²) in [6, 6.07) is 9.82. The van der Waals surface area contributed by atoms with Crippen LogP contribution in [0.1, 0.15) is 53.2 Å². The third-order valence-electron chi connectivity index (χ3n) is 5.57. The molecule has 0 bridgehead atoms. The molecule has 184 valence electrons. The van der Waals surface area contributed by atoms with E-state index in [9.17, 15) is 22.8 Å². The highest BCUT2D eigenvalue weighted by Crippen LogP contribution is 2.30. The van der Waals surface area contributed by atoms with Crippen LogP contribution in [0.3, 0.4) is 0 Å². The summed E-state index contributed by atoms with van der Waals surface area (Å²) in [4.78, 5) is 30.6. The molecule has 0 fully saturated rings. The highest BCUT2D eigenvalue weighted by molar-refractivity contribution is 5.99. The zero-order valence-corrected chi connectivity index (χ0v) is 19.1. The predicted octanol–water partition coefficient (Wildman–Crippen LogP) is 4.69. The fourth-order valence-corrected chi connectivity index (χ4v) is 3.73. The molecule has 2 aromatic carbocycles. The average Bonchev–Trinajstić information content (AvgIpc) is 2.81. The lowest BCUT2D eigenvalue weighted by Crippen LogP contribution is -2.36. The van der Waals surface area contributed by atoms with Crippen molar-refractivity contribution in [1.29, 1.82) is 0 Å². The number of esters is 1. The SMILES string of the molecule is CCCOC(Cc1ccc2c(c1)C(=O)CCC(Cc1ccc(C(F)(F)F)cc1)NO2)C(=O)OC. The summed E-state index contributed by atoms with van der Waals surface area (Å²) in [5.41, 5.74) is 4.08. The Labute approximate surface area is 196 Å². The van der Waals surface area contributed by atoms with Gasteiger partial charge in [0.2, 0.25) is 0 Å². The van der Waals surface area contributed by atoms with Crippen LogP contribution in [0.25, 0.3) is 0 Å². The van der Waals surface area contributed by atoms with Crippen LogP contribution < -0.4 is 10.3 Å². The highest BCUT2D eigenvalue weighted by atomic mass is 19.4. The minimum Gasteiger partial charge on any atom is -0.467 e. The van der Waals surface area contributed by atoms with E-state index in [1.54, 1.807) is 18.2 Å². The van der Waals surface area contributed by atoms with E-state index in [-0.39, 0.29) is 24.7 Å². The molecular formula is C25H28F3NO5. The lowest BCUT2D eigenvalue weighted by molar-refractivity contribution is -0.154. The molecule has 6 nitrogen and oxygen atoms in total. The summed E-state index contributed by atoms with van der Waals surface area (Å²) in [5.74, 6) is -0.231. The van der Waals surface area contributed by atoms with E-state index >= 15 is 0 Å². The zero-order valence-electron chi connectivity index (χ0n) is 19.1. The Hall–Kier alpha value is -2.91. The Morgan fingerprint density at radius 3 is 2.53 bits per heavy atom. The average molecular weight is 479 g/mol. The first-order valence-corrected chi connectivity index (χ1v) is 11.1. The maximum absolute atomic E-state index is 12.9. The molecule has 9 heteroatoms. The van der Waals surface area contributed by atoms with Crippen molar-refractivity contribution in [1.82, 2.24) is 5.48 Å². The standard InChI is InChI=1S/C25H28F3NO5/c1-3-12-33-23(24(31)32-2)15-17-6-11-22-20(14-17)21(30)10-9-19(29-34-22)13-16-4-7-18(8-5-16)25(26,27)28/h4-8,11,14,19,23,29H,3,9-10,12-13,15H2,1-2H3. The van der Waals surface area contributed by atoms with E-state index in [1.165, 1.54) is 19.2 Å². The summed E-state index contributed by atoms with van der Waals surface area (Å²) >= 11 is 0. The van der Waals surface area contributed by atoms with Crippen LogP contribution in [0, 0.1) is 0 Å². The molecule has 34 heavy (non-hydrogen) atoms. The van der Waals surface area contributed by atoms with Gasteiger partial charge in [0.1, 0.15) is 0 Å². The van der Waals surface area contributed by atoms with Crippen molar-refractivity contribution in [2.75, 3.05) is 13.7 Å². The van der Waals surface area contributed by atoms with Gasteiger partial charge in [0.25, 0.3) is 0 Å². The van der Waals surface area contributed by atoms with Gasteiger partial charge in [-0.2, -0.15) is 18.7 Å². The summed E-state index contributed by atoms with van der Waals surface area (Å²) < 4.78 is 48.7. The number of ether oxygens (including phenoxy) is 2. The van der Waals surface area contributed by atoms with Crippen molar-refractivity contribution in [3.05, 3.63) is 64.7 Å². The van der Waals surface area contributed by atoms with E-state index in [0.717, 1.165) is 24.1 Å². The molecule has 0 radical (unpaired) electrons. The van der Waals surface area contributed by atoms with Gasteiger partial charge in [-0.15, -0.1) is 0 Å². The summed E-state index contributed by atoms with van der Waals surface area (Å²) in [6.45, 7) is 2.35. The van der Waals surface area contributed by atoms with Crippen molar-refractivity contribution in [2.24, 2.45) is 0 Å². The van der Waals surface area contributed by atoms with Crippen LogP contribution >= 0.6 is 0 Å². The Bertz CT molecular complexity index is 991. The molecular weight excluding hydrogens is 451 g/mol. The number of rotatable bonds is 8. The maximum Gasteiger partial charge on any atom is 0.416 e. The van der Waals surface area contributed by atoms with Gasteiger partial charge in [0.05, 0.1) is 18.2 Å². The molecule has 0 spiro atoms. The minimum atomic E-state index is -4.38. The summed E-state index contributed by atoms with van der Waals surface area (Å²) in [6.07, 6.45) is -3.03. The van der Waals surface area contributed by atoms with Gasteiger partial charge < -0.3 is 14.3 Å². The van der Waals surface area contributed by atoms with Crippen molar-refractivity contribution in [3.8, 4) is 5.75 Å². The molecule has 0 amide bonds. The van der Waals surface area contributed by atoms with Gasteiger partial charge in [0, 0.05) is 25.5 Å². The molecule has 2 atom stereocenters. The molecule has 1 N–H and O–H groups in total. The van der Waals surface area contributed by atoms with E-state index in [0.29, 0.717) is 36.3 Å². The van der Waals surface area contributed by atoms with Crippen LogP contribution in [0.15, 0.2) is 42.5 Å². The predicted molar refractivity (Wildman–Crippen MR) is 118 cm³/mol. The van der Waals surface area contributed by atoms with Crippen LogP contribution in [0.2, 0.25) is 0 Å². The van der Waals surface area contributed by atoms with Crippen molar-refractivity contribution >= 4 is 11.8 Å². The number of hydrogen-bond acceptors (Lipinski definition) is 6. The first kappa shape index (κ1) is 25.7. The minimum absolute atomic E-state index is 0.111. The number of fused-ring (bicyclic) bond motifs is 1. The molecule has 0 aromatic heterocycles. The Balaban J connectivity index is 1.68. The molecule has 2 unspecified atom stereocenters. The maximum atomic E-state index is 12.9. The van der Waals surface area contributed by atoms with Gasteiger partial charge in [0.15, 0.2) is 17.6 Å². The van der Waals surface area contributed by atoms with E-state index in [1.807, 2.05) is 6.92 Å². The summed E-state index contributed by atoms with van der Waals surface area (Å²) in [5, 5.41) is 0. The zero-order chi connectivity index (χ0) is 24.7. The lowest BCUT2D eigenvalue weighted by Gasteiger charge is -2.23. The van der Waals surface area contributed by atoms with Gasteiger partial charge in [-0.3, -0.25) is 4.79 Å². The van der Waals surface area contributed by atoms with E-state index in [2.05, 4.69) is 5.48 Å². The number of carbonyl (C=O) groups is 2. The topological polar surface area (TPSA) is 73.9 Å². The molecule has 2 aromatic rings. The molecule has 0 saturated heterocycles. The van der Waals surface area contributed by atoms with Gasteiger partial charge in [-0.1, -0.05) is 25.1 Å². The van der Waals surface area contributed by atoms with E-state index < -0.39 is 23.8 Å². The second-order valence-corrected chi connectivity index (χ2v) is 8.19. The van der Waals surface area contributed by atoms with Crippen molar-refractivity contribution in [3.63, 3.8) is 0 Å². The number of methoxy groups -OCH3 is 1. The quantitative estimate of drug-likeness (QED) is 0.554. The molecule has 1 heterocycles. The Kier molecular flexibility index (Phi) is 8.68. The van der Waals surface area contributed by atoms with Crippen LogP contribution in [-0.2, 0) is 33.3 Å². The number of ketones is 1. The van der Waals surface area contributed by atoms with Crippen LogP contribution in [0.5, 0.6) is 5.75 Å². The number of carbonyl (C=O) groups excluding carboxylic acids is 2. The molecule has 1 aliphatic rings. The monoisotopic (exact) mass is 479 g/mol. The van der Waals surface area contributed by atoms with Crippen LogP contribution in [0.4, 0.5) is 13.2 Å². The Morgan fingerprint density at radius 1 is 1.18 bits per heavy atom. The third kappa shape index (κ3) is 6.80. The van der Waals surface area contributed by atoms with Crippen molar-refractivity contribution in [2.45, 2.75) is 57.3 Å². The number of alkyl halides is 3. The first-order chi connectivity index (χ1) is 16.2.